The molecule has 1 aliphatic rings. The zero-order valence-corrected chi connectivity index (χ0v) is 19.5. The highest BCUT2D eigenvalue weighted by Gasteiger charge is 2.23. The molecule has 1 aliphatic heterocycles. The van der Waals surface area contributed by atoms with Crippen molar-refractivity contribution in [2.24, 2.45) is 5.92 Å². The smallest absolute Gasteiger partial charge is 0.165 e. The maximum Gasteiger partial charge on any atom is 0.165 e. The van der Waals surface area contributed by atoms with Crippen molar-refractivity contribution in [3.05, 3.63) is 53.2 Å². The molecule has 4 aromatic heterocycles. The Morgan fingerprint density at radius 3 is 2.78 bits per heavy atom. The molecule has 1 fully saturated rings. The summed E-state index contributed by atoms with van der Waals surface area (Å²) < 4.78 is 2.10. The average molecular weight is 449 g/mol. The molecule has 7 nitrogen and oxygen atoms in total. The van der Waals surface area contributed by atoms with Gasteiger partial charge in [0, 0.05) is 42.1 Å². The quantitative estimate of drug-likeness (QED) is 0.415. The van der Waals surface area contributed by atoms with E-state index in [1.165, 1.54) is 11.2 Å². The number of fused-ring (bicyclic) bond motifs is 1. The summed E-state index contributed by atoms with van der Waals surface area (Å²) in [5, 5.41) is 6.80. The van der Waals surface area contributed by atoms with Crippen LogP contribution in [0.4, 0.5) is 5.69 Å². The van der Waals surface area contributed by atoms with Crippen molar-refractivity contribution in [3.63, 3.8) is 0 Å². The molecule has 8 heteroatoms. The zero-order valence-electron chi connectivity index (χ0n) is 18.7. The molecular formula is C24H28N6OS. The van der Waals surface area contributed by atoms with Crippen LogP contribution in [0.3, 0.4) is 0 Å². The van der Waals surface area contributed by atoms with Crippen molar-refractivity contribution in [2.45, 2.75) is 46.0 Å². The third-order valence-electron chi connectivity index (χ3n) is 6.42. The van der Waals surface area contributed by atoms with Crippen LogP contribution in [-0.2, 0) is 0 Å². The summed E-state index contributed by atoms with van der Waals surface area (Å²) in [6.07, 6.45) is 8.06. The van der Waals surface area contributed by atoms with Crippen LogP contribution >= 0.6 is 11.3 Å². The van der Waals surface area contributed by atoms with Crippen LogP contribution in [0.25, 0.3) is 16.2 Å². The summed E-state index contributed by atoms with van der Waals surface area (Å²) >= 11 is 1.75. The fraction of sp³-hybridized carbons (Fsp3) is 0.417. The molecule has 0 bridgehead atoms. The van der Waals surface area contributed by atoms with Crippen LogP contribution in [-0.4, -0.2) is 43.4 Å². The van der Waals surface area contributed by atoms with Crippen molar-refractivity contribution in [1.82, 2.24) is 24.6 Å². The van der Waals surface area contributed by atoms with Crippen LogP contribution in [0.1, 0.15) is 60.1 Å². The molecule has 0 amide bonds. The highest BCUT2D eigenvalue weighted by Crippen LogP contribution is 2.34. The van der Waals surface area contributed by atoms with E-state index in [4.69, 9.17) is 4.98 Å². The van der Waals surface area contributed by atoms with E-state index < -0.39 is 0 Å². The van der Waals surface area contributed by atoms with Gasteiger partial charge in [0.05, 0.1) is 22.5 Å². The number of aryl methyl sites for hydroxylation is 1. The molecule has 4 aromatic rings. The molecule has 0 radical (unpaired) electrons. The fourth-order valence-corrected chi connectivity index (χ4v) is 5.28. The molecule has 166 valence electrons. The van der Waals surface area contributed by atoms with Gasteiger partial charge in [-0.1, -0.05) is 13.8 Å². The lowest BCUT2D eigenvalue weighted by Crippen LogP contribution is -2.33. The van der Waals surface area contributed by atoms with Crippen molar-refractivity contribution in [3.8, 4) is 10.6 Å². The Morgan fingerprint density at radius 1 is 1.28 bits per heavy atom. The molecule has 0 spiro atoms. The van der Waals surface area contributed by atoms with E-state index in [1.54, 1.807) is 11.3 Å². The van der Waals surface area contributed by atoms with Gasteiger partial charge in [0.25, 0.3) is 0 Å². The van der Waals surface area contributed by atoms with Crippen LogP contribution in [0.5, 0.6) is 0 Å². The SMILES string of the molecule is Cc1ccc(-c2cnc3c(N4CCC(C)CC4)cc(C(=O)C[C@@H](C)c4ncn[nH]4)cn23)s1. The molecule has 32 heavy (non-hydrogen) atoms. The monoisotopic (exact) mass is 448 g/mol. The summed E-state index contributed by atoms with van der Waals surface area (Å²) in [5.41, 5.74) is 3.71. The number of anilines is 1. The van der Waals surface area contributed by atoms with E-state index in [-0.39, 0.29) is 11.7 Å². The third-order valence-corrected chi connectivity index (χ3v) is 7.44. The number of rotatable bonds is 6. The zero-order chi connectivity index (χ0) is 22.2. The minimum absolute atomic E-state index is 0.0258. The number of nitrogens with one attached hydrogen (secondary N) is 1. The molecular weight excluding hydrogens is 420 g/mol. The maximum absolute atomic E-state index is 13.3. The van der Waals surface area contributed by atoms with Crippen molar-refractivity contribution >= 4 is 28.5 Å². The molecule has 5 rings (SSSR count). The summed E-state index contributed by atoms with van der Waals surface area (Å²) in [5.74, 6) is 1.55. The molecule has 1 saturated heterocycles. The number of nitrogens with zero attached hydrogens (tertiary/aromatic N) is 5. The Balaban J connectivity index is 1.56. The van der Waals surface area contributed by atoms with Crippen molar-refractivity contribution in [2.75, 3.05) is 18.0 Å². The van der Waals surface area contributed by atoms with E-state index in [9.17, 15) is 4.79 Å². The summed E-state index contributed by atoms with van der Waals surface area (Å²) in [7, 11) is 0. The van der Waals surface area contributed by atoms with E-state index in [1.807, 2.05) is 25.4 Å². The number of hydrogen-bond donors (Lipinski definition) is 1. The van der Waals surface area contributed by atoms with Gasteiger partial charge in [-0.3, -0.25) is 14.3 Å². The van der Waals surface area contributed by atoms with E-state index in [0.717, 1.165) is 59.6 Å². The Morgan fingerprint density at radius 2 is 2.09 bits per heavy atom. The fourth-order valence-electron chi connectivity index (χ4n) is 4.40. The summed E-state index contributed by atoms with van der Waals surface area (Å²) in [4.78, 5) is 27.2. The highest BCUT2D eigenvalue weighted by molar-refractivity contribution is 7.15. The highest BCUT2D eigenvalue weighted by atomic mass is 32.1. The van der Waals surface area contributed by atoms with Crippen molar-refractivity contribution < 1.29 is 4.79 Å². The number of imidazole rings is 1. The van der Waals surface area contributed by atoms with Crippen LogP contribution in [0, 0.1) is 12.8 Å². The van der Waals surface area contributed by atoms with Gasteiger partial charge in [-0.15, -0.1) is 11.3 Å². The van der Waals surface area contributed by atoms with Gasteiger partial charge >= 0.3 is 0 Å². The minimum Gasteiger partial charge on any atom is -0.368 e. The number of hydrogen-bond acceptors (Lipinski definition) is 6. The number of aromatic amines is 1. The first kappa shape index (κ1) is 20.9. The first-order chi connectivity index (χ1) is 15.5. The second-order valence-electron chi connectivity index (χ2n) is 8.93. The molecule has 0 unspecified atom stereocenters. The van der Waals surface area contributed by atoms with Gasteiger partial charge in [-0.2, -0.15) is 5.10 Å². The van der Waals surface area contributed by atoms with Crippen LogP contribution in [0.2, 0.25) is 0 Å². The number of H-pyrrole nitrogens is 1. The lowest BCUT2D eigenvalue weighted by Gasteiger charge is -2.32. The standard InChI is InChI=1S/C24H28N6OS/c1-15-6-8-29(9-7-15)19-11-18(21(31)10-16(2)23-26-14-27-28-23)13-30-20(12-25-24(19)30)22-5-4-17(3)32-22/h4-5,11-16H,6-10H2,1-3H3,(H,26,27,28)/t16-/m1/s1. The van der Waals surface area contributed by atoms with Crippen LogP contribution < -0.4 is 4.90 Å². The summed E-state index contributed by atoms with van der Waals surface area (Å²) in [6, 6.07) is 6.30. The Kier molecular flexibility index (Phi) is 5.55. The minimum atomic E-state index is -0.0258. The number of ketones is 1. The Labute approximate surface area is 191 Å². The van der Waals surface area contributed by atoms with E-state index >= 15 is 0 Å². The van der Waals surface area contributed by atoms with Gasteiger partial charge in [0.1, 0.15) is 12.2 Å². The first-order valence-electron chi connectivity index (χ1n) is 11.2. The topological polar surface area (TPSA) is 79.2 Å². The van der Waals surface area contributed by atoms with Crippen molar-refractivity contribution in [1.29, 1.82) is 0 Å². The first-order valence-corrected chi connectivity index (χ1v) is 12.0. The largest absolute Gasteiger partial charge is 0.368 e. The normalized spacial score (nSPS) is 16.0. The lowest BCUT2D eigenvalue weighted by atomic mass is 9.97. The van der Waals surface area contributed by atoms with E-state index in [0.29, 0.717) is 12.0 Å². The molecule has 1 N–H and O–H groups in total. The predicted molar refractivity (Wildman–Crippen MR) is 128 cm³/mol. The predicted octanol–water partition coefficient (Wildman–Crippen LogP) is 5.10. The van der Waals surface area contributed by atoms with Gasteiger partial charge in [0.2, 0.25) is 0 Å². The Bertz CT molecular complexity index is 1230. The number of carbonyl (C=O) groups is 1. The number of piperidine rings is 1. The number of aromatic nitrogens is 5. The molecule has 0 saturated carbocycles. The number of Topliss-reactive ketones (excluding diaryl/α,β-unsaturated/α-hetero) is 1. The number of carbonyl (C=O) groups excluding carboxylic acids is 1. The maximum atomic E-state index is 13.3. The lowest BCUT2D eigenvalue weighted by molar-refractivity contribution is 0.0974. The molecule has 5 heterocycles. The van der Waals surface area contributed by atoms with Gasteiger partial charge in [-0.25, -0.2) is 9.97 Å². The number of thiophene rings is 1. The van der Waals surface area contributed by atoms with E-state index in [2.05, 4.69) is 50.5 Å². The second-order valence-corrected chi connectivity index (χ2v) is 10.2. The van der Waals surface area contributed by atoms with Gasteiger partial charge < -0.3 is 4.90 Å². The Hall–Kier alpha value is -3.00. The molecule has 1 atom stereocenters. The van der Waals surface area contributed by atoms with Gasteiger partial charge in [0.15, 0.2) is 11.4 Å². The summed E-state index contributed by atoms with van der Waals surface area (Å²) in [6.45, 7) is 8.40. The molecule has 0 aliphatic carbocycles. The van der Waals surface area contributed by atoms with Gasteiger partial charge in [-0.05, 0) is 43.9 Å². The molecule has 0 aromatic carbocycles. The average Bonchev–Trinajstić information content (AvgIpc) is 3.54. The second kappa shape index (κ2) is 8.50. The van der Waals surface area contributed by atoms with Crippen LogP contribution in [0.15, 0.2) is 36.9 Å². The third kappa shape index (κ3) is 3.95. The number of pyridine rings is 1.